The quantitative estimate of drug-likeness (QED) is 0.391. The van der Waals surface area contributed by atoms with Crippen LogP contribution in [0.5, 0.6) is 0 Å². The summed E-state index contributed by atoms with van der Waals surface area (Å²) in [5.41, 5.74) is 0. The van der Waals surface area contributed by atoms with Crippen LogP contribution in [-0.4, -0.2) is 0 Å². The van der Waals surface area contributed by atoms with Crippen LogP contribution >= 0.6 is 0 Å². The number of halogens is 4. The van der Waals surface area contributed by atoms with E-state index in [1.54, 1.807) is 0 Å². The fourth-order valence-corrected chi connectivity index (χ4v) is 0.829. The van der Waals surface area contributed by atoms with E-state index >= 15 is 0 Å². The molecule has 0 unspecified atom stereocenters. The zero-order valence-corrected chi connectivity index (χ0v) is 11.0. The monoisotopic (exact) mass is 289 g/mol. The van der Waals surface area contributed by atoms with Gasteiger partial charge in [0.1, 0.15) is 0 Å². The van der Waals surface area contributed by atoms with E-state index in [0.29, 0.717) is 0 Å². The Hall–Kier alpha value is -1.13. The molecule has 1 radical (unpaired) electrons. The minimum absolute atomic E-state index is 0. The molecule has 0 N–H and O–H groups in total. The van der Waals surface area contributed by atoms with E-state index < -0.39 is 23.3 Å². The molecule has 0 atom stereocenters. The van der Waals surface area contributed by atoms with Gasteiger partial charge in [0.15, 0.2) is 0 Å². The summed E-state index contributed by atoms with van der Waals surface area (Å²) in [6, 6.07) is 10.8. The largest absolute Gasteiger partial charge is 3.00 e. The van der Waals surface area contributed by atoms with Crippen molar-refractivity contribution in [1.29, 1.82) is 0 Å². The molecule has 18 heavy (non-hydrogen) atoms. The van der Waals surface area contributed by atoms with Crippen LogP contribution in [0.25, 0.3) is 0 Å². The van der Waals surface area contributed by atoms with Gasteiger partial charge in [-0.05, 0) is 0 Å². The van der Waals surface area contributed by atoms with Gasteiger partial charge < -0.3 is 7.43 Å². The van der Waals surface area contributed by atoms with Crippen molar-refractivity contribution in [1.82, 2.24) is 0 Å². The topological polar surface area (TPSA) is 0 Å². The van der Waals surface area contributed by atoms with Gasteiger partial charge in [-0.3, -0.25) is 0 Å². The van der Waals surface area contributed by atoms with Crippen LogP contribution in [0.15, 0.2) is 36.4 Å². The zero-order valence-electron chi connectivity index (χ0n) is 9.48. The molecule has 0 aromatic heterocycles. The second-order valence-electron chi connectivity index (χ2n) is 2.69. The third-order valence-corrected chi connectivity index (χ3v) is 1.45. The smallest absolute Gasteiger partial charge is 0.358 e. The molecule has 0 nitrogen and oxygen atoms in total. The molecule has 5 heteroatoms. The summed E-state index contributed by atoms with van der Waals surface area (Å²) < 4.78 is 47.5. The molecule has 0 aliphatic rings. The van der Waals surface area contributed by atoms with E-state index in [9.17, 15) is 17.6 Å². The van der Waals surface area contributed by atoms with E-state index in [1.165, 1.54) is 12.1 Å². The molecule has 93 valence electrons. The van der Waals surface area contributed by atoms with Crippen LogP contribution in [0.1, 0.15) is 0 Å². The predicted molar refractivity (Wildman–Crippen MR) is 56.8 cm³/mol. The Morgan fingerprint density at radius 1 is 0.611 bits per heavy atom. The van der Waals surface area contributed by atoms with Crippen molar-refractivity contribution in [2.45, 2.75) is 0 Å². The third kappa shape index (κ3) is 8.04. The van der Waals surface area contributed by atoms with Gasteiger partial charge in [-0.25, -0.2) is 17.6 Å². The van der Waals surface area contributed by atoms with Gasteiger partial charge in [0.2, 0.25) is 0 Å². The molecule has 0 aliphatic carbocycles. The standard InChI is InChI=1S/2C6H3F2.CH3.Ti/c2*7-5-2-1-3-6(8)4-5;;/h2*1-3H;1H3;/q3*-1;+3. The molecular weight excluding hydrogens is 280 g/mol. The van der Waals surface area contributed by atoms with Gasteiger partial charge in [-0.1, -0.05) is 0 Å². The number of hydrogen-bond acceptors (Lipinski definition) is 0. The predicted octanol–water partition coefficient (Wildman–Crippen LogP) is 3.98. The van der Waals surface area contributed by atoms with Crippen molar-refractivity contribution in [3.8, 4) is 0 Å². The van der Waals surface area contributed by atoms with Gasteiger partial charge in [0.05, 0.1) is 0 Å². The van der Waals surface area contributed by atoms with Crippen molar-refractivity contribution in [2.24, 2.45) is 0 Å². The summed E-state index contributed by atoms with van der Waals surface area (Å²) >= 11 is 0. The Bertz CT molecular complexity index is 382. The van der Waals surface area contributed by atoms with E-state index in [2.05, 4.69) is 0 Å². The Labute approximate surface area is 119 Å². The van der Waals surface area contributed by atoms with Crippen LogP contribution in [0.4, 0.5) is 17.6 Å². The minimum Gasteiger partial charge on any atom is -0.358 e. The Kier molecular flexibility index (Phi) is 10.5. The average Bonchev–Trinajstić information content (AvgIpc) is 2.17. The van der Waals surface area contributed by atoms with Gasteiger partial charge in [-0.15, -0.1) is 36.4 Å². The molecular formula is C13H9F4Ti. The molecule has 0 bridgehead atoms. The van der Waals surface area contributed by atoms with E-state index in [0.717, 1.165) is 24.3 Å². The van der Waals surface area contributed by atoms with Crippen molar-refractivity contribution < 1.29 is 39.3 Å². The van der Waals surface area contributed by atoms with Crippen LogP contribution < -0.4 is 0 Å². The summed E-state index contributed by atoms with van der Waals surface area (Å²) in [7, 11) is 0. The third-order valence-electron chi connectivity index (χ3n) is 1.45. The fraction of sp³-hybridized carbons (Fsp3) is 0. The molecule has 0 fully saturated rings. The normalized spacial score (nSPS) is 8.22. The molecule has 0 heterocycles. The van der Waals surface area contributed by atoms with Gasteiger partial charge in [0, 0.05) is 23.3 Å². The summed E-state index contributed by atoms with van der Waals surface area (Å²) in [6.45, 7) is 0. The first-order chi connectivity index (χ1) is 7.58. The first kappa shape index (κ1) is 19.2. The second kappa shape index (κ2) is 9.86. The second-order valence-corrected chi connectivity index (χ2v) is 2.69. The maximum atomic E-state index is 11.9. The average molecular weight is 289 g/mol. The van der Waals surface area contributed by atoms with Crippen molar-refractivity contribution in [2.75, 3.05) is 0 Å². The maximum Gasteiger partial charge on any atom is 3.00 e. The molecule has 2 aromatic carbocycles. The molecule has 0 saturated heterocycles. The Morgan fingerprint density at radius 3 is 0.944 bits per heavy atom. The summed E-state index contributed by atoms with van der Waals surface area (Å²) in [4.78, 5) is 0. The van der Waals surface area contributed by atoms with Gasteiger partial charge in [-0.2, -0.15) is 12.1 Å². The SMILES string of the molecule is Fc1[c-]c(F)ccc1.Fc1[c-]c(F)ccc1.[CH3-].[Ti+3]. The van der Waals surface area contributed by atoms with Crippen LogP contribution in [-0.2, 0) is 21.7 Å². The first-order valence-corrected chi connectivity index (χ1v) is 4.24. The van der Waals surface area contributed by atoms with Crippen LogP contribution in [0, 0.1) is 42.8 Å². The number of hydrogen-bond donors (Lipinski definition) is 0. The molecule has 0 saturated carbocycles. The molecule has 0 spiro atoms. The first-order valence-electron chi connectivity index (χ1n) is 4.24. The van der Waals surface area contributed by atoms with E-state index in [4.69, 9.17) is 0 Å². The molecule has 0 aliphatic heterocycles. The Balaban J connectivity index is 0. The van der Waals surface area contributed by atoms with Crippen molar-refractivity contribution in [3.63, 3.8) is 0 Å². The summed E-state index contributed by atoms with van der Waals surface area (Å²) in [5.74, 6) is -2.65. The van der Waals surface area contributed by atoms with Crippen molar-refractivity contribution >= 4 is 0 Å². The molecule has 0 amide bonds. The van der Waals surface area contributed by atoms with E-state index in [-0.39, 0.29) is 29.1 Å². The van der Waals surface area contributed by atoms with Crippen LogP contribution in [0.3, 0.4) is 0 Å². The number of rotatable bonds is 0. The summed E-state index contributed by atoms with van der Waals surface area (Å²) in [6.07, 6.45) is 0. The van der Waals surface area contributed by atoms with E-state index in [1.807, 2.05) is 12.1 Å². The Morgan fingerprint density at radius 2 is 0.833 bits per heavy atom. The number of benzene rings is 2. The summed E-state index contributed by atoms with van der Waals surface area (Å²) in [5, 5.41) is 0. The maximum absolute atomic E-state index is 11.9. The minimum atomic E-state index is -0.662. The van der Waals surface area contributed by atoms with Crippen LogP contribution in [0.2, 0.25) is 0 Å². The fourth-order valence-electron chi connectivity index (χ4n) is 0.829. The molecule has 2 rings (SSSR count). The van der Waals surface area contributed by atoms with Crippen molar-refractivity contribution in [3.05, 3.63) is 79.2 Å². The molecule has 2 aromatic rings. The zero-order chi connectivity index (χ0) is 12.0. The van der Waals surface area contributed by atoms with Gasteiger partial charge >= 0.3 is 21.7 Å². The van der Waals surface area contributed by atoms with Gasteiger partial charge in [0.25, 0.3) is 0 Å².